The summed E-state index contributed by atoms with van der Waals surface area (Å²) in [5.41, 5.74) is 1.90. The van der Waals surface area contributed by atoms with Crippen molar-refractivity contribution in [1.29, 1.82) is 0 Å². The number of aromatic nitrogens is 3. The van der Waals surface area contributed by atoms with Gasteiger partial charge in [-0.1, -0.05) is 18.2 Å². The summed E-state index contributed by atoms with van der Waals surface area (Å²) in [4.78, 5) is 20.3. The van der Waals surface area contributed by atoms with Crippen molar-refractivity contribution < 1.29 is 14.3 Å². The van der Waals surface area contributed by atoms with Gasteiger partial charge in [-0.15, -0.1) is 0 Å². The molecule has 2 aromatic carbocycles. The Morgan fingerprint density at radius 1 is 1.17 bits per heavy atom. The molecule has 3 aromatic rings. The van der Waals surface area contributed by atoms with E-state index in [1.165, 1.54) is 10.7 Å². The maximum atomic E-state index is 13.7. The highest BCUT2D eigenvalue weighted by Crippen LogP contribution is 2.27. The van der Waals surface area contributed by atoms with Gasteiger partial charge in [0.2, 0.25) is 0 Å². The molecule has 0 aliphatic carbocycles. The molecule has 2 N–H and O–H groups in total. The lowest BCUT2D eigenvalue weighted by Crippen LogP contribution is -2.51. The molecule has 8 nitrogen and oxygen atoms in total. The van der Waals surface area contributed by atoms with Crippen molar-refractivity contribution in [2.75, 3.05) is 31.1 Å². The van der Waals surface area contributed by atoms with Gasteiger partial charge < -0.3 is 20.2 Å². The van der Waals surface area contributed by atoms with Crippen molar-refractivity contribution in [1.82, 2.24) is 25.0 Å². The molecule has 0 unspecified atom stereocenters. The van der Waals surface area contributed by atoms with Crippen molar-refractivity contribution >= 4 is 11.7 Å². The molecule has 9 heteroatoms. The van der Waals surface area contributed by atoms with Crippen LogP contribution in [0.15, 0.2) is 48.8 Å². The molecule has 30 heavy (non-hydrogen) atoms. The molecular formula is C21H23FN6O2. The number of halogens is 1. The monoisotopic (exact) mass is 410 g/mol. The molecule has 1 aliphatic rings. The fourth-order valence-corrected chi connectivity index (χ4v) is 3.46. The molecule has 156 valence electrons. The van der Waals surface area contributed by atoms with E-state index >= 15 is 0 Å². The van der Waals surface area contributed by atoms with Gasteiger partial charge in [-0.2, -0.15) is 5.10 Å². The summed E-state index contributed by atoms with van der Waals surface area (Å²) < 4.78 is 15.2. The lowest BCUT2D eigenvalue weighted by atomic mass is 10.2. The van der Waals surface area contributed by atoms with Crippen LogP contribution in [0.4, 0.5) is 14.9 Å². The Labute approximate surface area is 173 Å². The number of urea groups is 1. The number of hydrogen-bond acceptors (Lipinski definition) is 5. The quantitative estimate of drug-likeness (QED) is 0.690. The zero-order valence-corrected chi connectivity index (χ0v) is 16.6. The summed E-state index contributed by atoms with van der Waals surface area (Å²) in [7, 11) is 0. The Morgan fingerprint density at radius 2 is 1.93 bits per heavy atom. The molecule has 1 aromatic heterocycles. The van der Waals surface area contributed by atoms with Gasteiger partial charge in [-0.3, -0.25) is 0 Å². The number of aromatic hydroxyl groups is 1. The number of phenols is 1. The smallest absolute Gasteiger partial charge is 0.317 e. The summed E-state index contributed by atoms with van der Waals surface area (Å²) >= 11 is 0. The zero-order valence-electron chi connectivity index (χ0n) is 16.6. The van der Waals surface area contributed by atoms with Gasteiger partial charge in [0.1, 0.15) is 29.4 Å². The van der Waals surface area contributed by atoms with Gasteiger partial charge in [0.15, 0.2) is 0 Å². The number of carbonyl (C=O) groups is 1. The lowest BCUT2D eigenvalue weighted by molar-refractivity contribution is 0.194. The Kier molecular flexibility index (Phi) is 5.51. The third kappa shape index (κ3) is 4.19. The first-order valence-electron chi connectivity index (χ1n) is 9.74. The van der Waals surface area contributed by atoms with Crippen molar-refractivity contribution in [3.63, 3.8) is 0 Å². The minimum atomic E-state index is -0.327. The molecule has 1 saturated heterocycles. The van der Waals surface area contributed by atoms with Crippen LogP contribution in [0.3, 0.4) is 0 Å². The van der Waals surface area contributed by atoms with Gasteiger partial charge >= 0.3 is 6.03 Å². The second-order valence-corrected chi connectivity index (χ2v) is 7.13. The van der Waals surface area contributed by atoms with E-state index in [-0.39, 0.29) is 24.1 Å². The molecule has 0 spiro atoms. The molecule has 2 heterocycles. The van der Waals surface area contributed by atoms with Crippen LogP contribution in [0.1, 0.15) is 11.4 Å². The summed E-state index contributed by atoms with van der Waals surface area (Å²) in [5.74, 6) is 0.414. The largest absolute Gasteiger partial charge is 0.506 e. The third-order valence-electron chi connectivity index (χ3n) is 5.13. The number of hydrogen-bond donors (Lipinski definition) is 2. The number of amides is 2. The van der Waals surface area contributed by atoms with Crippen LogP contribution >= 0.6 is 0 Å². The van der Waals surface area contributed by atoms with Crippen molar-refractivity contribution in [3.05, 3.63) is 66.0 Å². The Bertz CT molecular complexity index is 1050. The number of piperazine rings is 1. The number of rotatable bonds is 4. The molecule has 0 radical (unpaired) electrons. The number of phenolic OH excluding ortho intramolecular Hbond substituents is 1. The molecule has 0 saturated carbocycles. The molecule has 0 bridgehead atoms. The minimum absolute atomic E-state index is 0.113. The van der Waals surface area contributed by atoms with Crippen LogP contribution < -0.4 is 10.2 Å². The van der Waals surface area contributed by atoms with Gasteiger partial charge in [-0.05, 0) is 25.1 Å². The molecule has 2 amide bonds. The molecule has 1 fully saturated rings. The Morgan fingerprint density at radius 3 is 2.60 bits per heavy atom. The Balaban J connectivity index is 1.33. The van der Waals surface area contributed by atoms with E-state index < -0.39 is 0 Å². The van der Waals surface area contributed by atoms with Gasteiger partial charge in [0.05, 0.1) is 0 Å². The lowest BCUT2D eigenvalue weighted by Gasteiger charge is -2.36. The molecule has 4 rings (SSSR count). The third-order valence-corrected chi connectivity index (χ3v) is 5.13. The summed E-state index contributed by atoms with van der Waals surface area (Å²) in [6.07, 6.45) is 1.56. The molecule has 0 atom stereocenters. The van der Waals surface area contributed by atoms with Crippen LogP contribution in [0.2, 0.25) is 0 Å². The van der Waals surface area contributed by atoms with Gasteiger partial charge in [0.25, 0.3) is 0 Å². The van der Waals surface area contributed by atoms with Gasteiger partial charge in [-0.25, -0.2) is 18.9 Å². The van der Waals surface area contributed by atoms with Crippen molar-refractivity contribution in [3.8, 4) is 11.4 Å². The highest BCUT2D eigenvalue weighted by molar-refractivity contribution is 5.74. The topological polar surface area (TPSA) is 86.5 Å². The van der Waals surface area contributed by atoms with Crippen LogP contribution in [0, 0.1) is 12.7 Å². The number of benzene rings is 2. The van der Waals surface area contributed by atoms with E-state index in [4.69, 9.17) is 0 Å². The maximum Gasteiger partial charge on any atom is 0.317 e. The maximum absolute atomic E-state index is 13.7. The van der Waals surface area contributed by atoms with Crippen molar-refractivity contribution in [2.24, 2.45) is 0 Å². The molecule has 1 aliphatic heterocycles. The van der Waals surface area contributed by atoms with E-state index in [1.807, 2.05) is 6.07 Å². The fraction of sp³-hybridized carbons (Fsp3) is 0.286. The standard InChI is InChI=1S/C21H23FN6O2/c1-15-24-14-28(25-15)19-7-6-17(12-20(19)29)26-8-10-27(11-9-26)21(30)23-13-16-4-2-3-5-18(16)22/h2-7,12,14,29H,8-11,13H2,1H3,(H,23,30). The van der Waals surface area contributed by atoms with E-state index in [0.717, 1.165) is 5.69 Å². The van der Waals surface area contributed by atoms with Crippen LogP contribution in [-0.4, -0.2) is 57.0 Å². The first-order valence-corrected chi connectivity index (χ1v) is 9.74. The van der Waals surface area contributed by atoms with E-state index in [1.54, 1.807) is 48.5 Å². The number of anilines is 1. The second-order valence-electron chi connectivity index (χ2n) is 7.13. The fourth-order valence-electron chi connectivity index (χ4n) is 3.46. The van der Waals surface area contributed by atoms with Crippen LogP contribution in [-0.2, 0) is 6.54 Å². The SMILES string of the molecule is Cc1ncn(-c2ccc(N3CCN(C(=O)NCc4ccccc4F)CC3)cc2O)n1. The summed E-state index contributed by atoms with van der Waals surface area (Å²) in [5, 5.41) is 17.4. The highest BCUT2D eigenvalue weighted by atomic mass is 19.1. The average molecular weight is 410 g/mol. The number of nitrogens with one attached hydrogen (secondary N) is 1. The second kappa shape index (κ2) is 8.40. The van der Waals surface area contributed by atoms with E-state index in [2.05, 4.69) is 20.3 Å². The predicted octanol–water partition coefficient (Wildman–Crippen LogP) is 2.45. The van der Waals surface area contributed by atoms with Crippen LogP contribution in [0.5, 0.6) is 5.75 Å². The van der Waals surface area contributed by atoms with Crippen LogP contribution in [0.25, 0.3) is 5.69 Å². The zero-order chi connectivity index (χ0) is 21.1. The Hall–Kier alpha value is -3.62. The molecular weight excluding hydrogens is 387 g/mol. The van der Waals surface area contributed by atoms with E-state index in [9.17, 15) is 14.3 Å². The highest BCUT2D eigenvalue weighted by Gasteiger charge is 2.22. The number of aryl methyl sites for hydroxylation is 1. The van der Waals surface area contributed by atoms with E-state index in [0.29, 0.717) is 43.3 Å². The summed E-state index contributed by atoms with van der Waals surface area (Å²) in [6.45, 7) is 4.28. The summed E-state index contributed by atoms with van der Waals surface area (Å²) in [6, 6.07) is 11.6. The first-order chi connectivity index (χ1) is 14.5. The normalized spacial score (nSPS) is 14.1. The first kappa shape index (κ1) is 19.7. The number of carbonyl (C=O) groups excluding carboxylic acids is 1. The predicted molar refractivity (Wildman–Crippen MR) is 110 cm³/mol. The average Bonchev–Trinajstić information content (AvgIpc) is 3.19. The minimum Gasteiger partial charge on any atom is -0.506 e. The van der Waals surface area contributed by atoms with Gasteiger partial charge in [0, 0.05) is 50.0 Å². The number of nitrogens with zero attached hydrogens (tertiary/aromatic N) is 5. The van der Waals surface area contributed by atoms with Crippen molar-refractivity contribution in [2.45, 2.75) is 13.5 Å².